The van der Waals surface area contributed by atoms with Crippen LogP contribution in [0.3, 0.4) is 0 Å². The molecule has 0 bridgehead atoms. The lowest BCUT2D eigenvalue weighted by Crippen LogP contribution is -2.34. The molecular formula is C17H19N3O2. The van der Waals surface area contributed by atoms with E-state index in [4.69, 9.17) is 0 Å². The monoisotopic (exact) mass is 297 g/mol. The predicted molar refractivity (Wildman–Crippen MR) is 84.7 cm³/mol. The zero-order valence-corrected chi connectivity index (χ0v) is 12.5. The molecule has 114 valence electrons. The predicted octanol–water partition coefficient (Wildman–Crippen LogP) is 1.80. The van der Waals surface area contributed by atoms with Crippen molar-refractivity contribution >= 4 is 11.8 Å². The van der Waals surface area contributed by atoms with Crippen LogP contribution in [0.25, 0.3) is 0 Å². The molecule has 0 saturated heterocycles. The summed E-state index contributed by atoms with van der Waals surface area (Å²) >= 11 is 0. The Morgan fingerprint density at radius 2 is 1.59 bits per heavy atom. The van der Waals surface area contributed by atoms with E-state index in [1.54, 1.807) is 18.3 Å². The van der Waals surface area contributed by atoms with E-state index >= 15 is 0 Å². The van der Waals surface area contributed by atoms with E-state index in [9.17, 15) is 9.59 Å². The largest absolute Gasteiger partial charge is 0.350 e. The topological polar surface area (TPSA) is 71.1 Å². The highest BCUT2D eigenvalue weighted by Gasteiger charge is 2.06. The third kappa shape index (κ3) is 4.41. The second-order valence-corrected chi connectivity index (χ2v) is 4.80. The van der Waals surface area contributed by atoms with Crippen LogP contribution in [-0.4, -0.2) is 29.9 Å². The molecule has 0 aliphatic rings. The highest BCUT2D eigenvalue weighted by molar-refractivity contribution is 5.95. The standard InChI is InChI=1S/C17H19N3O2/c1-2-13-5-7-14(8-6-13)16(21)19-10-11-20-17(22)15-4-3-9-18-12-15/h3-9,12H,2,10-11H2,1H3,(H,19,21)(H,20,22). The number of hydrogen-bond acceptors (Lipinski definition) is 3. The van der Waals surface area contributed by atoms with Crippen LogP contribution in [0.4, 0.5) is 0 Å². The SMILES string of the molecule is CCc1ccc(C(=O)NCCNC(=O)c2cccnc2)cc1. The molecule has 1 aromatic carbocycles. The van der Waals surface area contributed by atoms with Crippen LogP contribution in [0, 0.1) is 0 Å². The van der Waals surface area contributed by atoms with Gasteiger partial charge < -0.3 is 10.6 Å². The van der Waals surface area contributed by atoms with Crippen molar-refractivity contribution in [3.8, 4) is 0 Å². The van der Waals surface area contributed by atoms with E-state index in [-0.39, 0.29) is 11.8 Å². The highest BCUT2D eigenvalue weighted by Crippen LogP contribution is 2.04. The number of hydrogen-bond donors (Lipinski definition) is 2. The summed E-state index contributed by atoms with van der Waals surface area (Å²) in [6.07, 6.45) is 4.06. The van der Waals surface area contributed by atoms with Crippen molar-refractivity contribution < 1.29 is 9.59 Å². The van der Waals surface area contributed by atoms with Gasteiger partial charge in [0.2, 0.25) is 0 Å². The molecule has 0 radical (unpaired) electrons. The number of carbonyl (C=O) groups is 2. The van der Waals surface area contributed by atoms with Gasteiger partial charge in [0.25, 0.3) is 11.8 Å². The Balaban J connectivity index is 1.74. The van der Waals surface area contributed by atoms with Crippen molar-refractivity contribution in [3.05, 3.63) is 65.5 Å². The number of benzene rings is 1. The van der Waals surface area contributed by atoms with Crippen LogP contribution in [0.15, 0.2) is 48.8 Å². The lowest BCUT2D eigenvalue weighted by Gasteiger charge is -2.07. The second kappa shape index (κ2) is 7.93. The molecule has 0 saturated carbocycles. The molecule has 1 aromatic heterocycles. The summed E-state index contributed by atoms with van der Waals surface area (Å²) in [4.78, 5) is 27.6. The van der Waals surface area contributed by atoms with Gasteiger partial charge in [-0.15, -0.1) is 0 Å². The lowest BCUT2D eigenvalue weighted by atomic mass is 10.1. The Hall–Kier alpha value is -2.69. The third-order valence-corrected chi connectivity index (χ3v) is 3.24. The Morgan fingerprint density at radius 3 is 2.14 bits per heavy atom. The Labute approximate surface area is 129 Å². The van der Waals surface area contributed by atoms with Gasteiger partial charge >= 0.3 is 0 Å². The molecule has 5 nitrogen and oxygen atoms in total. The van der Waals surface area contributed by atoms with Crippen molar-refractivity contribution in [1.29, 1.82) is 0 Å². The Kier molecular flexibility index (Phi) is 5.65. The maximum Gasteiger partial charge on any atom is 0.252 e. The average Bonchev–Trinajstić information content (AvgIpc) is 2.59. The summed E-state index contributed by atoms with van der Waals surface area (Å²) in [5.41, 5.74) is 2.32. The quantitative estimate of drug-likeness (QED) is 0.799. The smallest absolute Gasteiger partial charge is 0.252 e. The molecule has 2 amide bonds. The lowest BCUT2D eigenvalue weighted by molar-refractivity contribution is 0.0927. The van der Waals surface area contributed by atoms with Crippen LogP contribution in [0.1, 0.15) is 33.2 Å². The van der Waals surface area contributed by atoms with E-state index in [0.29, 0.717) is 24.2 Å². The number of rotatable bonds is 6. The number of aryl methyl sites for hydroxylation is 1. The summed E-state index contributed by atoms with van der Waals surface area (Å²) in [5.74, 6) is -0.340. The van der Waals surface area contributed by atoms with Crippen LogP contribution < -0.4 is 10.6 Å². The van der Waals surface area contributed by atoms with Crippen molar-refractivity contribution in [3.63, 3.8) is 0 Å². The van der Waals surface area contributed by atoms with Crippen LogP contribution in [-0.2, 0) is 6.42 Å². The van der Waals surface area contributed by atoms with Gasteiger partial charge in [-0.3, -0.25) is 14.6 Å². The van der Waals surface area contributed by atoms with Crippen LogP contribution in [0.2, 0.25) is 0 Å². The zero-order chi connectivity index (χ0) is 15.8. The van der Waals surface area contributed by atoms with Gasteiger partial charge in [0.15, 0.2) is 0 Å². The van der Waals surface area contributed by atoms with E-state index in [0.717, 1.165) is 6.42 Å². The van der Waals surface area contributed by atoms with Gasteiger partial charge in [0, 0.05) is 31.0 Å². The molecule has 2 aromatic rings. The number of nitrogens with one attached hydrogen (secondary N) is 2. The van der Waals surface area contributed by atoms with Crippen LogP contribution in [0.5, 0.6) is 0 Å². The number of carbonyl (C=O) groups excluding carboxylic acids is 2. The molecule has 22 heavy (non-hydrogen) atoms. The molecule has 0 aliphatic carbocycles. The van der Waals surface area contributed by atoms with Gasteiger partial charge in [0.05, 0.1) is 5.56 Å². The maximum atomic E-state index is 11.9. The van der Waals surface area contributed by atoms with Gasteiger partial charge in [-0.2, -0.15) is 0 Å². The number of nitrogens with zero attached hydrogens (tertiary/aromatic N) is 1. The Bertz CT molecular complexity index is 624. The summed E-state index contributed by atoms with van der Waals surface area (Å²) in [5, 5.41) is 5.50. The summed E-state index contributed by atoms with van der Waals surface area (Å²) < 4.78 is 0. The summed E-state index contributed by atoms with van der Waals surface area (Å²) in [6, 6.07) is 10.9. The van der Waals surface area contributed by atoms with E-state index in [1.807, 2.05) is 24.3 Å². The first-order valence-electron chi connectivity index (χ1n) is 7.26. The molecule has 0 fully saturated rings. The molecule has 5 heteroatoms. The average molecular weight is 297 g/mol. The highest BCUT2D eigenvalue weighted by atomic mass is 16.2. The van der Waals surface area contributed by atoms with E-state index in [1.165, 1.54) is 11.8 Å². The van der Waals surface area contributed by atoms with Crippen molar-refractivity contribution in [2.75, 3.05) is 13.1 Å². The first kappa shape index (κ1) is 15.7. The molecule has 0 unspecified atom stereocenters. The third-order valence-electron chi connectivity index (χ3n) is 3.24. The molecule has 0 aliphatic heterocycles. The van der Waals surface area contributed by atoms with Gasteiger partial charge in [0.1, 0.15) is 0 Å². The minimum absolute atomic E-state index is 0.140. The van der Waals surface area contributed by atoms with E-state index in [2.05, 4.69) is 22.5 Å². The minimum Gasteiger partial charge on any atom is -0.350 e. The molecule has 0 spiro atoms. The fraction of sp³-hybridized carbons (Fsp3) is 0.235. The first-order chi connectivity index (χ1) is 10.7. The number of aromatic nitrogens is 1. The van der Waals surface area contributed by atoms with E-state index < -0.39 is 0 Å². The van der Waals surface area contributed by atoms with Gasteiger partial charge in [-0.25, -0.2) is 0 Å². The first-order valence-corrected chi connectivity index (χ1v) is 7.26. The molecule has 1 heterocycles. The second-order valence-electron chi connectivity index (χ2n) is 4.80. The van der Waals surface area contributed by atoms with Crippen LogP contribution >= 0.6 is 0 Å². The summed E-state index contributed by atoms with van der Waals surface area (Å²) in [7, 11) is 0. The Morgan fingerprint density at radius 1 is 0.955 bits per heavy atom. The molecular weight excluding hydrogens is 278 g/mol. The molecule has 2 N–H and O–H groups in total. The van der Waals surface area contributed by atoms with Crippen molar-refractivity contribution in [1.82, 2.24) is 15.6 Å². The minimum atomic E-state index is -0.199. The molecule has 0 atom stereocenters. The van der Waals surface area contributed by atoms with Crippen molar-refractivity contribution in [2.24, 2.45) is 0 Å². The zero-order valence-electron chi connectivity index (χ0n) is 12.5. The van der Waals surface area contributed by atoms with Gasteiger partial charge in [-0.1, -0.05) is 19.1 Å². The summed E-state index contributed by atoms with van der Waals surface area (Å²) in [6.45, 7) is 2.81. The molecule has 2 rings (SSSR count). The fourth-order valence-corrected chi connectivity index (χ4v) is 1.95. The fourth-order valence-electron chi connectivity index (χ4n) is 1.95. The number of amides is 2. The van der Waals surface area contributed by atoms with Gasteiger partial charge in [-0.05, 0) is 36.2 Å². The normalized spacial score (nSPS) is 10.0. The van der Waals surface area contributed by atoms with Crippen molar-refractivity contribution in [2.45, 2.75) is 13.3 Å². The maximum absolute atomic E-state index is 11.9. The number of pyridine rings is 1.